The maximum absolute atomic E-state index is 12.0. The van der Waals surface area contributed by atoms with Gasteiger partial charge in [0.25, 0.3) is 11.5 Å². The Labute approximate surface area is 104 Å². The lowest BCUT2D eigenvalue weighted by atomic mass is 10.2. The number of hydrogen-bond acceptors (Lipinski definition) is 3. The Kier molecular flexibility index (Phi) is 3.52. The van der Waals surface area contributed by atoms with Gasteiger partial charge in [-0.2, -0.15) is 5.10 Å². The van der Waals surface area contributed by atoms with Gasteiger partial charge in [-0.15, -0.1) is 0 Å². The lowest BCUT2D eigenvalue weighted by Crippen LogP contribution is -2.28. The zero-order chi connectivity index (χ0) is 13.0. The Bertz CT molecular complexity index is 572. The van der Waals surface area contributed by atoms with Crippen LogP contribution in [0.25, 0.3) is 0 Å². The molecule has 0 fully saturated rings. The van der Waals surface area contributed by atoms with Gasteiger partial charge in [0.15, 0.2) is 0 Å². The highest BCUT2D eigenvalue weighted by molar-refractivity contribution is 5.91. The minimum absolute atomic E-state index is 0.227. The summed E-state index contributed by atoms with van der Waals surface area (Å²) in [6, 6.07) is 12.4. The van der Waals surface area contributed by atoms with Crippen molar-refractivity contribution in [2.24, 2.45) is 0 Å². The molecule has 1 heterocycles. The lowest BCUT2D eigenvalue weighted by Gasteiger charge is -2.16. The topological polar surface area (TPSA) is 66.1 Å². The fourth-order valence-electron chi connectivity index (χ4n) is 1.59. The number of amides is 1. The molecule has 0 bridgehead atoms. The minimum Gasteiger partial charge on any atom is -0.336 e. The number of nitrogens with zero attached hydrogens (tertiary/aromatic N) is 2. The Balaban J connectivity index is 2.09. The van der Waals surface area contributed by atoms with E-state index in [1.807, 2.05) is 30.3 Å². The van der Waals surface area contributed by atoms with Crippen LogP contribution in [0.5, 0.6) is 0 Å². The van der Waals surface area contributed by atoms with Gasteiger partial charge in [-0.25, -0.2) is 5.10 Å². The van der Waals surface area contributed by atoms with Crippen molar-refractivity contribution in [2.45, 2.75) is 6.54 Å². The lowest BCUT2D eigenvalue weighted by molar-refractivity contribution is 0.0778. The molecule has 0 aliphatic carbocycles. The van der Waals surface area contributed by atoms with Crippen LogP contribution in [-0.4, -0.2) is 28.1 Å². The standard InChI is InChI=1S/C13H13N3O2/c1-16(9-10-5-3-2-4-6-10)13(18)11-7-8-12(17)15-14-11/h2-8H,9H2,1H3,(H,15,17). The predicted molar refractivity (Wildman–Crippen MR) is 67.1 cm³/mol. The third kappa shape index (κ3) is 2.82. The summed E-state index contributed by atoms with van der Waals surface area (Å²) >= 11 is 0. The monoisotopic (exact) mass is 243 g/mol. The van der Waals surface area contributed by atoms with Crippen molar-refractivity contribution in [3.63, 3.8) is 0 Å². The van der Waals surface area contributed by atoms with Gasteiger partial charge in [0.1, 0.15) is 5.69 Å². The second-order valence-electron chi connectivity index (χ2n) is 3.95. The summed E-state index contributed by atoms with van der Waals surface area (Å²) in [5.74, 6) is -0.227. The minimum atomic E-state index is -0.322. The SMILES string of the molecule is CN(Cc1ccccc1)C(=O)c1ccc(=O)[nH]n1. The van der Waals surface area contributed by atoms with Crippen LogP contribution in [0.4, 0.5) is 0 Å². The average Bonchev–Trinajstić information content (AvgIpc) is 2.40. The molecule has 0 aliphatic heterocycles. The molecule has 2 aromatic rings. The highest BCUT2D eigenvalue weighted by Gasteiger charge is 2.13. The van der Waals surface area contributed by atoms with E-state index in [1.54, 1.807) is 11.9 Å². The van der Waals surface area contributed by atoms with Crippen LogP contribution in [0.2, 0.25) is 0 Å². The molecular weight excluding hydrogens is 230 g/mol. The number of hydrogen-bond donors (Lipinski definition) is 1. The smallest absolute Gasteiger partial charge is 0.274 e. The molecule has 5 heteroatoms. The van der Waals surface area contributed by atoms with Crippen LogP contribution < -0.4 is 5.56 Å². The molecule has 1 aromatic carbocycles. The van der Waals surface area contributed by atoms with Crippen LogP contribution in [0.3, 0.4) is 0 Å². The zero-order valence-corrected chi connectivity index (χ0v) is 9.96. The summed E-state index contributed by atoms with van der Waals surface area (Å²) < 4.78 is 0. The molecule has 0 atom stereocenters. The first-order valence-electron chi connectivity index (χ1n) is 5.52. The maximum Gasteiger partial charge on any atom is 0.274 e. The van der Waals surface area contributed by atoms with Crippen LogP contribution in [0.1, 0.15) is 16.1 Å². The van der Waals surface area contributed by atoms with Crippen molar-refractivity contribution in [3.8, 4) is 0 Å². The Hall–Kier alpha value is -2.43. The van der Waals surface area contributed by atoms with Gasteiger partial charge in [-0.3, -0.25) is 9.59 Å². The van der Waals surface area contributed by atoms with Gasteiger partial charge in [0.2, 0.25) is 0 Å². The van der Waals surface area contributed by atoms with Crippen LogP contribution in [0, 0.1) is 0 Å². The molecule has 0 saturated heterocycles. The summed E-state index contributed by atoms with van der Waals surface area (Å²) in [5.41, 5.74) is 0.947. The second-order valence-corrected chi connectivity index (χ2v) is 3.95. The van der Waals surface area contributed by atoms with E-state index in [2.05, 4.69) is 10.2 Å². The van der Waals surface area contributed by atoms with E-state index in [1.165, 1.54) is 12.1 Å². The largest absolute Gasteiger partial charge is 0.336 e. The van der Waals surface area contributed by atoms with E-state index >= 15 is 0 Å². The molecule has 18 heavy (non-hydrogen) atoms. The highest BCUT2D eigenvalue weighted by atomic mass is 16.2. The summed E-state index contributed by atoms with van der Waals surface area (Å²) in [6.07, 6.45) is 0. The fraction of sp³-hybridized carbons (Fsp3) is 0.154. The number of aromatic nitrogens is 2. The molecule has 1 amide bonds. The first-order chi connectivity index (χ1) is 8.66. The number of aromatic amines is 1. The van der Waals surface area contributed by atoms with Crippen molar-refractivity contribution in [2.75, 3.05) is 7.05 Å². The molecule has 0 unspecified atom stereocenters. The molecule has 2 rings (SSSR count). The molecule has 5 nitrogen and oxygen atoms in total. The molecule has 0 radical (unpaired) electrons. The predicted octanol–water partition coefficient (Wildman–Crippen LogP) is 1.04. The molecule has 0 spiro atoms. The number of H-pyrrole nitrogens is 1. The molecule has 1 N–H and O–H groups in total. The van der Waals surface area contributed by atoms with E-state index in [0.29, 0.717) is 6.54 Å². The summed E-state index contributed by atoms with van der Waals surface area (Å²) in [4.78, 5) is 24.4. The molecule has 92 valence electrons. The molecular formula is C13H13N3O2. The Morgan fingerprint density at radius 2 is 1.94 bits per heavy atom. The van der Waals surface area contributed by atoms with Crippen LogP contribution in [0.15, 0.2) is 47.3 Å². The van der Waals surface area contributed by atoms with Crippen molar-refractivity contribution in [3.05, 3.63) is 64.1 Å². The van der Waals surface area contributed by atoms with Crippen molar-refractivity contribution in [1.82, 2.24) is 15.1 Å². The first-order valence-corrected chi connectivity index (χ1v) is 5.52. The third-order valence-corrected chi connectivity index (χ3v) is 2.51. The summed E-state index contributed by atoms with van der Waals surface area (Å²) in [5, 5.41) is 5.96. The van der Waals surface area contributed by atoms with Gasteiger partial charge < -0.3 is 4.90 Å². The third-order valence-electron chi connectivity index (χ3n) is 2.51. The highest BCUT2D eigenvalue weighted by Crippen LogP contribution is 2.05. The van der Waals surface area contributed by atoms with Gasteiger partial charge in [0.05, 0.1) is 0 Å². The van der Waals surface area contributed by atoms with Gasteiger partial charge in [-0.1, -0.05) is 30.3 Å². The Morgan fingerprint density at radius 1 is 1.22 bits per heavy atom. The van der Waals surface area contributed by atoms with Crippen LogP contribution in [-0.2, 0) is 6.54 Å². The fourth-order valence-corrected chi connectivity index (χ4v) is 1.59. The second kappa shape index (κ2) is 5.27. The van der Waals surface area contributed by atoms with Crippen molar-refractivity contribution in [1.29, 1.82) is 0 Å². The van der Waals surface area contributed by atoms with E-state index in [0.717, 1.165) is 5.56 Å². The van der Waals surface area contributed by atoms with E-state index in [4.69, 9.17) is 0 Å². The Morgan fingerprint density at radius 3 is 2.56 bits per heavy atom. The number of carbonyl (C=O) groups excluding carboxylic acids is 1. The maximum atomic E-state index is 12.0. The summed E-state index contributed by atoms with van der Waals surface area (Å²) in [6.45, 7) is 0.500. The summed E-state index contributed by atoms with van der Waals surface area (Å²) in [7, 11) is 1.70. The quantitative estimate of drug-likeness (QED) is 0.876. The average molecular weight is 243 g/mol. The first kappa shape index (κ1) is 12.0. The number of benzene rings is 1. The molecule has 1 aromatic heterocycles. The number of carbonyl (C=O) groups is 1. The number of rotatable bonds is 3. The molecule has 0 saturated carbocycles. The number of nitrogens with one attached hydrogen (secondary N) is 1. The van der Waals surface area contributed by atoms with Gasteiger partial charge in [-0.05, 0) is 11.6 Å². The van der Waals surface area contributed by atoms with Crippen molar-refractivity contribution >= 4 is 5.91 Å². The van der Waals surface area contributed by atoms with Crippen LogP contribution >= 0.6 is 0 Å². The normalized spacial score (nSPS) is 10.1. The zero-order valence-electron chi connectivity index (χ0n) is 9.96. The van der Waals surface area contributed by atoms with Gasteiger partial charge >= 0.3 is 0 Å². The molecule has 0 aliphatic rings. The van der Waals surface area contributed by atoms with E-state index in [9.17, 15) is 9.59 Å². The van der Waals surface area contributed by atoms with E-state index in [-0.39, 0.29) is 17.2 Å². The van der Waals surface area contributed by atoms with Gasteiger partial charge in [0, 0.05) is 19.7 Å². The van der Waals surface area contributed by atoms with E-state index < -0.39 is 0 Å². The van der Waals surface area contributed by atoms with Crippen molar-refractivity contribution < 1.29 is 4.79 Å².